The van der Waals surface area contributed by atoms with E-state index in [4.69, 9.17) is 12.2 Å². The van der Waals surface area contributed by atoms with Crippen molar-refractivity contribution in [3.8, 4) is 0 Å². The number of thiocarbonyl (C=S) groups is 1. The van der Waals surface area contributed by atoms with Gasteiger partial charge in [-0.2, -0.15) is 5.10 Å². The van der Waals surface area contributed by atoms with Gasteiger partial charge >= 0.3 is 0 Å². The third-order valence-electron chi connectivity index (χ3n) is 2.38. The Morgan fingerprint density at radius 3 is 2.78 bits per heavy atom. The van der Waals surface area contributed by atoms with E-state index in [-0.39, 0.29) is 5.82 Å². The van der Waals surface area contributed by atoms with Crippen molar-refractivity contribution in [2.45, 2.75) is 6.54 Å². The summed E-state index contributed by atoms with van der Waals surface area (Å²) in [6, 6.07) is 6.35. The van der Waals surface area contributed by atoms with Gasteiger partial charge in [0.2, 0.25) is 0 Å². The SMILES string of the molecule is CNC(=S)Nc1cnn(Cc2ccc(F)cc2)c1. The van der Waals surface area contributed by atoms with E-state index in [0.29, 0.717) is 11.7 Å². The number of aromatic nitrogens is 2. The Hall–Kier alpha value is -1.95. The third kappa shape index (κ3) is 3.27. The van der Waals surface area contributed by atoms with Crippen LogP contribution in [0.1, 0.15) is 5.56 Å². The number of nitrogens with zero attached hydrogens (tertiary/aromatic N) is 2. The fourth-order valence-corrected chi connectivity index (χ4v) is 1.60. The molecule has 0 aliphatic carbocycles. The third-order valence-corrected chi connectivity index (χ3v) is 2.68. The molecule has 0 saturated heterocycles. The molecule has 18 heavy (non-hydrogen) atoms. The minimum Gasteiger partial charge on any atom is -0.366 e. The molecule has 0 amide bonds. The van der Waals surface area contributed by atoms with Crippen molar-refractivity contribution in [3.63, 3.8) is 0 Å². The van der Waals surface area contributed by atoms with E-state index in [9.17, 15) is 4.39 Å². The fraction of sp³-hybridized carbons (Fsp3) is 0.167. The second kappa shape index (κ2) is 5.59. The number of anilines is 1. The summed E-state index contributed by atoms with van der Waals surface area (Å²) in [4.78, 5) is 0. The lowest BCUT2D eigenvalue weighted by molar-refractivity contribution is 0.624. The smallest absolute Gasteiger partial charge is 0.170 e. The zero-order valence-corrected chi connectivity index (χ0v) is 10.7. The number of hydrogen-bond donors (Lipinski definition) is 2. The first-order valence-corrected chi connectivity index (χ1v) is 5.84. The van der Waals surface area contributed by atoms with Crippen LogP contribution in [0.15, 0.2) is 36.7 Å². The summed E-state index contributed by atoms with van der Waals surface area (Å²) in [7, 11) is 1.75. The van der Waals surface area contributed by atoms with Gasteiger partial charge in [-0.05, 0) is 29.9 Å². The summed E-state index contributed by atoms with van der Waals surface area (Å²) in [5, 5.41) is 10.5. The molecule has 1 aromatic heterocycles. The molecule has 2 rings (SSSR count). The van der Waals surface area contributed by atoms with Gasteiger partial charge in [-0.25, -0.2) is 4.39 Å². The Kier molecular flexibility index (Phi) is 3.88. The number of benzene rings is 1. The first-order valence-electron chi connectivity index (χ1n) is 5.43. The van der Waals surface area contributed by atoms with Gasteiger partial charge in [0.05, 0.1) is 18.4 Å². The molecule has 6 heteroatoms. The number of halogens is 1. The molecule has 2 aromatic rings. The first-order chi connectivity index (χ1) is 8.67. The number of nitrogens with one attached hydrogen (secondary N) is 2. The van der Waals surface area contributed by atoms with Crippen molar-refractivity contribution < 1.29 is 4.39 Å². The van der Waals surface area contributed by atoms with Crippen LogP contribution in [-0.2, 0) is 6.54 Å². The highest BCUT2D eigenvalue weighted by atomic mass is 32.1. The summed E-state index contributed by atoms with van der Waals surface area (Å²) in [5.74, 6) is -0.235. The Balaban J connectivity index is 2.02. The minimum absolute atomic E-state index is 0.235. The van der Waals surface area contributed by atoms with Crippen molar-refractivity contribution >= 4 is 23.0 Å². The second-order valence-corrected chi connectivity index (χ2v) is 4.17. The zero-order valence-electron chi connectivity index (χ0n) is 9.85. The van der Waals surface area contributed by atoms with Crippen LogP contribution < -0.4 is 10.6 Å². The van der Waals surface area contributed by atoms with Crippen LogP contribution in [0.25, 0.3) is 0 Å². The average Bonchev–Trinajstić information content (AvgIpc) is 2.79. The Morgan fingerprint density at radius 2 is 2.11 bits per heavy atom. The number of hydrogen-bond acceptors (Lipinski definition) is 2. The maximum absolute atomic E-state index is 12.8. The Labute approximate surface area is 110 Å². The summed E-state index contributed by atoms with van der Waals surface area (Å²) in [6.45, 7) is 0.592. The topological polar surface area (TPSA) is 41.9 Å². The van der Waals surface area contributed by atoms with Crippen molar-refractivity contribution in [1.29, 1.82) is 0 Å². The van der Waals surface area contributed by atoms with Gasteiger partial charge < -0.3 is 10.6 Å². The van der Waals surface area contributed by atoms with Crippen LogP contribution in [-0.4, -0.2) is 21.9 Å². The summed E-state index contributed by atoms with van der Waals surface area (Å²) >= 11 is 4.99. The van der Waals surface area contributed by atoms with Crippen molar-refractivity contribution in [2.75, 3.05) is 12.4 Å². The molecule has 4 nitrogen and oxygen atoms in total. The van der Waals surface area contributed by atoms with Gasteiger partial charge in [0.15, 0.2) is 5.11 Å². The zero-order chi connectivity index (χ0) is 13.0. The maximum atomic E-state index is 12.8. The van der Waals surface area contributed by atoms with Gasteiger partial charge in [0.1, 0.15) is 5.82 Å². The molecule has 1 heterocycles. The van der Waals surface area contributed by atoms with E-state index >= 15 is 0 Å². The van der Waals surface area contributed by atoms with E-state index in [1.54, 1.807) is 30.1 Å². The van der Waals surface area contributed by atoms with E-state index < -0.39 is 0 Å². The lowest BCUT2D eigenvalue weighted by Crippen LogP contribution is -2.23. The largest absolute Gasteiger partial charge is 0.366 e. The molecule has 0 saturated carbocycles. The van der Waals surface area contributed by atoms with Gasteiger partial charge in [-0.1, -0.05) is 12.1 Å². The molecule has 0 spiro atoms. The predicted molar refractivity (Wildman–Crippen MR) is 73.0 cm³/mol. The molecule has 0 bridgehead atoms. The molecule has 0 aliphatic heterocycles. The highest BCUT2D eigenvalue weighted by Gasteiger charge is 2.01. The van der Waals surface area contributed by atoms with E-state index in [1.165, 1.54) is 12.1 Å². The highest BCUT2D eigenvalue weighted by molar-refractivity contribution is 7.80. The Bertz CT molecular complexity index is 535. The van der Waals surface area contributed by atoms with Gasteiger partial charge in [-0.15, -0.1) is 0 Å². The Morgan fingerprint density at radius 1 is 1.39 bits per heavy atom. The van der Waals surface area contributed by atoms with Gasteiger partial charge in [0.25, 0.3) is 0 Å². The van der Waals surface area contributed by atoms with Crippen LogP contribution in [0, 0.1) is 5.82 Å². The quantitative estimate of drug-likeness (QED) is 0.832. The van der Waals surface area contributed by atoms with Crippen LogP contribution in [0.5, 0.6) is 0 Å². The van der Waals surface area contributed by atoms with Crippen molar-refractivity contribution in [3.05, 3.63) is 48.0 Å². The molecule has 2 N–H and O–H groups in total. The first kappa shape index (κ1) is 12.5. The van der Waals surface area contributed by atoms with Crippen LogP contribution >= 0.6 is 12.2 Å². The summed E-state index contributed by atoms with van der Waals surface area (Å²) in [6.07, 6.45) is 3.53. The molecule has 0 radical (unpaired) electrons. The van der Waals surface area contributed by atoms with Crippen molar-refractivity contribution in [2.24, 2.45) is 0 Å². The lowest BCUT2D eigenvalue weighted by atomic mass is 10.2. The fourth-order valence-electron chi connectivity index (χ4n) is 1.49. The van der Waals surface area contributed by atoms with Gasteiger partial charge in [0, 0.05) is 13.2 Å². The molecule has 1 aromatic carbocycles. The molecule has 94 valence electrons. The molecule has 0 atom stereocenters. The molecular weight excluding hydrogens is 251 g/mol. The number of rotatable bonds is 3. The molecule has 0 aliphatic rings. The standard InChI is InChI=1S/C12H13FN4S/c1-14-12(18)16-11-6-15-17(8-11)7-9-2-4-10(13)5-3-9/h2-6,8H,7H2,1H3,(H2,14,16,18). The van der Waals surface area contributed by atoms with Crippen LogP contribution in [0.4, 0.5) is 10.1 Å². The molecule has 0 fully saturated rings. The lowest BCUT2D eigenvalue weighted by Gasteiger charge is -2.03. The van der Waals surface area contributed by atoms with Crippen LogP contribution in [0.3, 0.4) is 0 Å². The van der Waals surface area contributed by atoms with E-state index in [2.05, 4.69) is 15.7 Å². The van der Waals surface area contributed by atoms with Crippen LogP contribution in [0.2, 0.25) is 0 Å². The summed E-state index contributed by atoms with van der Waals surface area (Å²) < 4.78 is 14.5. The van der Waals surface area contributed by atoms with Crippen molar-refractivity contribution in [1.82, 2.24) is 15.1 Å². The monoisotopic (exact) mass is 264 g/mol. The predicted octanol–water partition coefficient (Wildman–Crippen LogP) is 1.99. The normalized spacial score (nSPS) is 10.1. The van der Waals surface area contributed by atoms with Gasteiger partial charge in [-0.3, -0.25) is 4.68 Å². The molecular formula is C12H13FN4S. The highest BCUT2D eigenvalue weighted by Crippen LogP contribution is 2.08. The average molecular weight is 264 g/mol. The summed E-state index contributed by atoms with van der Waals surface area (Å²) in [5.41, 5.74) is 1.80. The van der Waals surface area contributed by atoms with E-state index in [1.807, 2.05) is 6.20 Å². The maximum Gasteiger partial charge on any atom is 0.170 e. The van der Waals surface area contributed by atoms with E-state index in [0.717, 1.165) is 11.3 Å². The molecule has 0 unspecified atom stereocenters. The minimum atomic E-state index is -0.235. The second-order valence-electron chi connectivity index (χ2n) is 3.76.